The van der Waals surface area contributed by atoms with Crippen molar-refractivity contribution in [3.63, 3.8) is 0 Å². The number of nitrogens with zero attached hydrogens (tertiary/aromatic N) is 1. The van der Waals surface area contributed by atoms with Crippen LogP contribution in [0.2, 0.25) is 0 Å². The minimum Gasteiger partial charge on any atom is -0.385 e. The number of benzene rings is 1. The summed E-state index contributed by atoms with van der Waals surface area (Å²) in [6.45, 7) is 8.83. The number of carbonyl (C=O) groups excluding carboxylic acids is 1. The SMILES string of the molecule is CN(C)CCNC(=O)CCNc1ccc(C(C)(C)C)cc1. The molecule has 4 heteroatoms. The second-order valence-corrected chi connectivity index (χ2v) is 6.66. The summed E-state index contributed by atoms with van der Waals surface area (Å²) in [7, 11) is 3.99. The van der Waals surface area contributed by atoms with Crippen LogP contribution in [0.4, 0.5) is 5.69 Å². The number of hydrogen-bond acceptors (Lipinski definition) is 3. The first-order valence-corrected chi connectivity index (χ1v) is 7.55. The summed E-state index contributed by atoms with van der Waals surface area (Å²) < 4.78 is 0. The van der Waals surface area contributed by atoms with Gasteiger partial charge in [-0.05, 0) is 37.2 Å². The second-order valence-electron chi connectivity index (χ2n) is 6.66. The summed E-state index contributed by atoms with van der Waals surface area (Å²) in [5, 5.41) is 6.19. The molecular weight excluding hydrogens is 262 g/mol. The molecule has 0 aliphatic rings. The van der Waals surface area contributed by atoms with E-state index < -0.39 is 0 Å². The molecule has 0 saturated heterocycles. The van der Waals surface area contributed by atoms with Gasteiger partial charge in [-0.2, -0.15) is 0 Å². The fourth-order valence-corrected chi connectivity index (χ4v) is 1.92. The Kier molecular flexibility index (Phi) is 6.69. The molecule has 0 fully saturated rings. The largest absolute Gasteiger partial charge is 0.385 e. The minimum atomic E-state index is 0.0932. The van der Waals surface area contributed by atoms with Gasteiger partial charge in [0.05, 0.1) is 0 Å². The Bertz CT molecular complexity index is 432. The van der Waals surface area contributed by atoms with Gasteiger partial charge >= 0.3 is 0 Å². The van der Waals surface area contributed by atoms with Gasteiger partial charge in [-0.1, -0.05) is 32.9 Å². The number of carbonyl (C=O) groups is 1. The molecule has 1 amide bonds. The van der Waals surface area contributed by atoms with Crippen molar-refractivity contribution in [3.05, 3.63) is 29.8 Å². The van der Waals surface area contributed by atoms with Crippen LogP contribution in [0.1, 0.15) is 32.8 Å². The van der Waals surface area contributed by atoms with Gasteiger partial charge in [0.2, 0.25) is 5.91 Å². The normalized spacial score (nSPS) is 11.5. The maximum Gasteiger partial charge on any atom is 0.221 e. The van der Waals surface area contributed by atoms with Crippen molar-refractivity contribution in [2.45, 2.75) is 32.6 Å². The van der Waals surface area contributed by atoms with E-state index in [0.717, 1.165) is 12.2 Å². The van der Waals surface area contributed by atoms with E-state index in [1.165, 1.54) is 5.56 Å². The van der Waals surface area contributed by atoms with Gasteiger partial charge in [-0.25, -0.2) is 0 Å². The van der Waals surface area contributed by atoms with Crippen molar-refractivity contribution in [2.75, 3.05) is 39.0 Å². The molecule has 1 aromatic rings. The van der Waals surface area contributed by atoms with Crippen LogP contribution in [0.5, 0.6) is 0 Å². The molecule has 1 aromatic carbocycles. The number of amides is 1. The lowest BCUT2D eigenvalue weighted by Crippen LogP contribution is -2.32. The second kappa shape index (κ2) is 8.03. The number of nitrogens with one attached hydrogen (secondary N) is 2. The fourth-order valence-electron chi connectivity index (χ4n) is 1.92. The Balaban J connectivity index is 2.28. The third-order valence-electron chi connectivity index (χ3n) is 3.31. The standard InChI is InChI=1S/C17H29N3O/c1-17(2,3)14-6-8-15(9-7-14)18-11-10-16(21)19-12-13-20(4)5/h6-9,18H,10-13H2,1-5H3,(H,19,21). The summed E-state index contributed by atoms with van der Waals surface area (Å²) in [6, 6.07) is 8.42. The van der Waals surface area contributed by atoms with E-state index in [2.05, 4.69) is 60.6 Å². The topological polar surface area (TPSA) is 44.4 Å². The van der Waals surface area contributed by atoms with Crippen molar-refractivity contribution in [2.24, 2.45) is 0 Å². The first-order valence-electron chi connectivity index (χ1n) is 7.55. The maximum absolute atomic E-state index is 11.6. The third-order valence-corrected chi connectivity index (χ3v) is 3.31. The molecule has 0 aliphatic heterocycles. The average Bonchev–Trinajstić information content (AvgIpc) is 2.38. The Hall–Kier alpha value is -1.55. The zero-order valence-electron chi connectivity index (χ0n) is 14.0. The van der Waals surface area contributed by atoms with Crippen LogP contribution in [0.3, 0.4) is 0 Å². The highest BCUT2D eigenvalue weighted by molar-refractivity contribution is 5.76. The lowest BCUT2D eigenvalue weighted by molar-refractivity contribution is -0.120. The van der Waals surface area contributed by atoms with Crippen LogP contribution in [-0.2, 0) is 10.2 Å². The molecular formula is C17H29N3O. The van der Waals surface area contributed by atoms with E-state index >= 15 is 0 Å². The Morgan fingerprint density at radius 3 is 2.24 bits per heavy atom. The van der Waals surface area contributed by atoms with Crippen molar-refractivity contribution < 1.29 is 4.79 Å². The highest BCUT2D eigenvalue weighted by Gasteiger charge is 2.12. The van der Waals surface area contributed by atoms with Crippen LogP contribution < -0.4 is 10.6 Å². The van der Waals surface area contributed by atoms with Crippen LogP contribution in [0.15, 0.2) is 24.3 Å². The van der Waals surface area contributed by atoms with Crippen LogP contribution in [0.25, 0.3) is 0 Å². The maximum atomic E-state index is 11.6. The average molecular weight is 291 g/mol. The number of rotatable bonds is 7. The van der Waals surface area contributed by atoms with E-state index in [-0.39, 0.29) is 11.3 Å². The van der Waals surface area contributed by atoms with Gasteiger partial charge in [-0.3, -0.25) is 4.79 Å². The van der Waals surface area contributed by atoms with Gasteiger partial charge in [0.15, 0.2) is 0 Å². The predicted octanol–water partition coefficient (Wildman–Crippen LogP) is 2.46. The molecule has 0 bridgehead atoms. The highest BCUT2D eigenvalue weighted by atomic mass is 16.1. The molecule has 0 atom stereocenters. The first-order chi connectivity index (χ1) is 9.79. The summed E-state index contributed by atoms with van der Waals surface area (Å²) in [5.74, 6) is 0.0932. The smallest absolute Gasteiger partial charge is 0.221 e. The molecule has 0 radical (unpaired) electrons. The molecule has 0 heterocycles. The Labute approximate surface area is 128 Å². The molecule has 4 nitrogen and oxygen atoms in total. The van der Waals surface area contributed by atoms with Crippen LogP contribution >= 0.6 is 0 Å². The predicted molar refractivity (Wildman–Crippen MR) is 89.8 cm³/mol. The first kappa shape index (κ1) is 17.5. The van der Waals surface area contributed by atoms with E-state index in [9.17, 15) is 4.79 Å². The van der Waals surface area contributed by atoms with Crippen molar-refractivity contribution in [1.82, 2.24) is 10.2 Å². The zero-order valence-corrected chi connectivity index (χ0v) is 14.0. The summed E-state index contributed by atoms with van der Waals surface area (Å²) in [6.07, 6.45) is 0.494. The van der Waals surface area contributed by atoms with Crippen LogP contribution in [0, 0.1) is 0 Å². The van der Waals surface area contributed by atoms with Gasteiger partial charge in [-0.15, -0.1) is 0 Å². The third kappa shape index (κ3) is 7.14. The van der Waals surface area contributed by atoms with Gasteiger partial charge in [0, 0.05) is 31.7 Å². The minimum absolute atomic E-state index is 0.0932. The Morgan fingerprint density at radius 1 is 1.10 bits per heavy atom. The molecule has 2 N–H and O–H groups in total. The van der Waals surface area contributed by atoms with Gasteiger partial charge in [0.1, 0.15) is 0 Å². The van der Waals surface area contributed by atoms with E-state index in [0.29, 0.717) is 19.5 Å². The molecule has 21 heavy (non-hydrogen) atoms. The molecule has 0 aromatic heterocycles. The summed E-state index contributed by atoms with van der Waals surface area (Å²) in [5.41, 5.74) is 2.55. The quantitative estimate of drug-likeness (QED) is 0.811. The zero-order chi connectivity index (χ0) is 15.9. The van der Waals surface area contributed by atoms with E-state index in [4.69, 9.17) is 0 Å². The molecule has 0 spiro atoms. The van der Waals surface area contributed by atoms with Crippen LogP contribution in [-0.4, -0.2) is 44.5 Å². The molecule has 0 unspecified atom stereocenters. The number of likely N-dealkylation sites (N-methyl/N-ethyl adjacent to an activating group) is 1. The molecule has 1 rings (SSSR count). The van der Waals surface area contributed by atoms with Crippen molar-refractivity contribution in [1.29, 1.82) is 0 Å². The molecule has 0 saturated carbocycles. The monoisotopic (exact) mass is 291 g/mol. The van der Waals surface area contributed by atoms with E-state index in [1.54, 1.807) is 0 Å². The molecule has 118 valence electrons. The number of hydrogen-bond donors (Lipinski definition) is 2. The van der Waals surface area contributed by atoms with E-state index in [1.807, 2.05) is 14.1 Å². The Morgan fingerprint density at radius 2 is 1.71 bits per heavy atom. The summed E-state index contributed by atoms with van der Waals surface area (Å²) in [4.78, 5) is 13.7. The van der Waals surface area contributed by atoms with Gasteiger partial charge in [0.25, 0.3) is 0 Å². The summed E-state index contributed by atoms with van der Waals surface area (Å²) >= 11 is 0. The lowest BCUT2D eigenvalue weighted by Gasteiger charge is -2.19. The highest BCUT2D eigenvalue weighted by Crippen LogP contribution is 2.23. The van der Waals surface area contributed by atoms with Crippen molar-refractivity contribution in [3.8, 4) is 0 Å². The molecule has 0 aliphatic carbocycles. The van der Waals surface area contributed by atoms with Gasteiger partial charge < -0.3 is 15.5 Å². The lowest BCUT2D eigenvalue weighted by atomic mass is 9.87. The van der Waals surface area contributed by atoms with Crippen molar-refractivity contribution >= 4 is 11.6 Å². The number of anilines is 1. The fraction of sp³-hybridized carbons (Fsp3) is 0.588.